The fraction of sp³-hybridized carbons (Fsp3) is 0.619. The van der Waals surface area contributed by atoms with Crippen molar-refractivity contribution in [3.8, 4) is 5.75 Å². The van der Waals surface area contributed by atoms with Crippen molar-refractivity contribution in [2.45, 2.75) is 56.7 Å². The molecule has 0 radical (unpaired) electrons. The molecule has 1 heterocycles. The molecule has 2 unspecified atom stereocenters. The number of hydrogen-bond donors (Lipinski definition) is 0. The fourth-order valence-corrected chi connectivity index (χ4v) is 3.98. The van der Waals surface area contributed by atoms with E-state index in [9.17, 15) is 8.78 Å². The van der Waals surface area contributed by atoms with Gasteiger partial charge < -0.3 is 14.2 Å². The topological polar surface area (TPSA) is 27.7 Å². The summed E-state index contributed by atoms with van der Waals surface area (Å²) in [7, 11) is 1.34. The third-order valence-electron chi connectivity index (χ3n) is 5.65. The molecule has 3 nitrogen and oxygen atoms in total. The van der Waals surface area contributed by atoms with Crippen LogP contribution in [0.5, 0.6) is 5.75 Å². The summed E-state index contributed by atoms with van der Waals surface area (Å²) in [6.45, 7) is 5.21. The number of benzene rings is 1. The second kappa shape index (κ2) is 8.96. The number of hydrogen-bond acceptors (Lipinski definition) is 3. The van der Waals surface area contributed by atoms with Crippen molar-refractivity contribution in [3.05, 3.63) is 42.0 Å². The van der Waals surface area contributed by atoms with Crippen LogP contribution in [0.1, 0.15) is 50.0 Å². The van der Waals surface area contributed by atoms with Crippen LogP contribution < -0.4 is 4.74 Å². The maximum Gasteiger partial charge on any atom is 0.200 e. The Bertz CT molecular complexity index is 604. The Kier molecular flexibility index (Phi) is 6.65. The van der Waals surface area contributed by atoms with Gasteiger partial charge >= 0.3 is 0 Å². The molecule has 0 N–H and O–H groups in total. The average molecular weight is 366 g/mol. The van der Waals surface area contributed by atoms with E-state index in [2.05, 4.69) is 6.58 Å². The molecule has 26 heavy (non-hydrogen) atoms. The van der Waals surface area contributed by atoms with Crippen molar-refractivity contribution in [2.24, 2.45) is 5.92 Å². The first-order valence-electron chi connectivity index (χ1n) is 9.50. The van der Waals surface area contributed by atoms with Gasteiger partial charge in [-0.15, -0.1) is 6.58 Å². The summed E-state index contributed by atoms with van der Waals surface area (Å²) < 4.78 is 44.8. The van der Waals surface area contributed by atoms with Crippen LogP contribution in [0.15, 0.2) is 24.8 Å². The van der Waals surface area contributed by atoms with E-state index in [0.29, 0.717) is 18.1 Å². The molecular formula is C21H28F2O3. The Morgan fingerprint density at radius 3 is 2.50 bits per heavy atom. The highest BCUT2D eigenvalue weighted by Gasteiger charge is 2.28. The highest BCUT2D eigenvalue weighted by molar-refractivity contribution is 5.33. The molecular weight excluding hydrogens is 338 g/mol. The lowest BCUT2D eigenvalue weighted by Gasteiger charge is -2.32. The first-order chi connectivity index (χ1) is 12.6. The van der Waals surface area contributed by atoms with E-state index in [1.807, 2.05) is 6.08 Å². The molecule has 0 spiro atoms. The zero-order valence-electron chi connectivity index (χ0n) is 15.4. The zero-order valence-corrected chi connectivity index (χ0v) is 15.4. The maximum atomic E-state index is 14.3. The van der Waals surface area contributed by atoms with Crippen LogP contribution in [0.2, 0.25) is 0 Å². The van der Waals surface area contributed by atoms with Gasteiger partial charge in [-0.1, -0.05) is 12.1 Å². The lowest BCUT2D eigenvalue weighted by Crippen LogP contribution is -2.30. The first-order valence-corrected chi connectivity index (χ1v) is 9.50. The third-order valence-corrected chi connectivity index (χ3v) is 5.65. The lowest BCUT2D eigenvalue weighted by atomic mass is 9.82. The second-order valence-electron chi connectivity index (χ2n) is 7.34. The Balaban J connectivity index is 1.46. The van der Waals surface area contributed by atoms with E-state index < -0.39 is 11.6 Å². The predicted molar refractivity (Wildman–Crippen MR) is 96.5 cm³/mol. The van der Waals surface area contributed by atoms with E-state index in [4.69, 9.17) is 14.2 Å². The lowest BCUT2D eigenvalue weighted by molar-refractivity contribution is -0.0502. The molecule has 5 heteroatoms. The molecule has 0 aromatic heterocycles. The predicted octanol–water partition coefficient (Wildman–Crippen LogP) is 5.00. The monoisotopic (exact) mass is 366 g/mol. The summed E-state index contributed by atoms with van der Waals surface area (Å²) in [6.07, 6.45) is 7.73. The van der Waals surface area contributed by atoms with Crippen LogP contribution >= 0.6 is 0 Å². The Morgan fingerprint density at radius 2 is 1.88 bits per heavy atom. The molecule has 2 atom stereocenters. The van der Waals surface area contributed by atoms with E-state index in [-0.39, 0.29) is 23.9 Å². The fourth-order valence-electron chi connectivity index (χ4n) is 3.98. The molecule has 1 aliphatic heterocycles. The number of halogens is 2. The van der Waals surface area contributed by atoms with Gasteiger partial charge in [-0.2, -0.15) is 4.39 Å². The molecule has 1 aromatic rings. The van der Waals surface area contributed by atoms with Crippen LogP contribution in [-0.4, -0.2) is 32.5 Å². The minimum atomic E-state index is -0.890. The Hall–Kier alpha value is -1.46. The van der Waals surface area contributed by atoms with Crippen LogP contribution in [0.25, 0.3) is 0 Å². The van der Waals surface area contributed by atoms with Crippen LogP contribution in [0.3, 0.4) is 0 Å². The van der Waals surface area contributed by atoms with E-state index in [0.717, 1.165) is 45.1 Å². The van der Waals surface area contributed by atoms with Crippen molar-refractivity contribution in [1.29, 1.82) is 0 Å². The zero-order chi connectivity index (χ0) is 18.5. The number of ether oxygens (including phenoxy) is 3. The van der Waals surface area contributed by atoms with Gasteiger partial charge in [0.15, 0.2) is 11.6 Å². The van der Waals surface area contributed by atoms with Crippen LogP contribution in [-0.2, 0) is 9.47 Å². The molecule has 0 amide bonds. The third kappa shape index (κ3) is 4.44. The van der Waals surface area contributed by atoms with Crippen LogP contribution in [0, 0.1) is 17.6 Å². The minimum Gasteiger partial charge on any atom is -0.494 e. The van der Waals surface area contributed by atoms with Gasteiger partial charge in [-0.3, -0.25) is 0 Å². The quantitative estimate of drug-likeness (QED) is 0.663. The van der Waals surface area contributed by atoms with Gasteiger partial charge in [0.25, 0.3) is 0 Å². The number of methoxy groups -OCH3 is 1. The van der Waals surface area contributed by atoms with Gasteiger partial charge in [-0.05, 0) is 56.1 Å². The van der Waals surface area contributed by atoms with Crippen molar-refractivity contribution in [3.63, 3.8) is 0 Å². The molecule has 1 aliphatic carbocycles. The molecule has 3 rings (SSSR count). The van der Waals surface area contributed by atoms with Crippen LogP contribution in [0.4, 0.5) is 8.78 Å². The summed E-state index contributed by atoms with van der Waals surface area (Å²) in [5.74, 6) is -1.22. The average Bonchev–Trinajstić information content (AvgIpc) is 2.69. The van der Waals surface area contributed by atoms with E-state index in [1.165, 1.54) is 13.2 Å². The molecule has 144 valence electrons. The largest absolute Gasteiger partial charge is 0.494 e. The summed E-state index contributed by atoms with van der Waals surface area (Å²) in [5.41, 5.74) is 0.456. The summed E-state index contributed by atoms with van der Waals surface area (Å²) in [5, 5.41) is 0. The summed E-state index contributed by atoms with van der Waals surface area (Å²) in [6, 6.07) is 3.16. The highest BCUT2D eigenvalue weighted by atomic mass is 19.2. The molecule has 0 bridgehead atoms. The summed E-state index contributed by atoms with van der Waals surface area (Å²) in [4.78, 5) is 0. The Morgan fingerprint density at radius 1 is 1.12 bits per heavy atom. The van der Waals surface area contributed by atoms with E-state index >= 15 is 0 Å². The standard InChI is InChI=1S/C21H28F2O3/c1-3-16-7-4-14(12-25-16)13-26-17-8-5-15(6-9-17)18-10-11-19(24-2)21(23)20(18)22/h3,10-11,14-17H,1,4-9,12-13H2,2H3. The van der Waals surface area contributed by atoms with Crippen molar-refractivity contribution in [1.82, 2.24) is 0 Å². The maximum absolute atomic E-state index is 14.3. The first kappa shape index (κ1) is 19.3. The molecule has 2 aliphatic rings. The van der Waals surface area contributed by atoms with Crippen molar-refractivity contribution < 1.29 is 23.0 Å². The van der Waals surface area contributed by atoms with Gasteiger partial charge in [0, 0.05) is 5.92 Å². The molecule has 1 saturated carbocycles. The normalized spacial score (nSPS) is 29.3. The van der Waals surface area contributed by atoms with Gasteiger partial charge in [0.05, 0.1) is 32.5 Å². The molecule has 2 fully saturated rings. The van der Waals surface area contributed by atoms with Gasteiger partial charge in [-0.25, -0.2) is 4.39 Å². The summed E-state index contributed by atoms with van der Waals surface area (Å²) >= 11 is 0. The van der Waals surface area contributed by atoms with E-state index in [1.54, 1.807) is 6.07 Å². The smallest absolute Gasteiger partial charge is 0.200 e. The molecule has 1 saturated heterocycles. The Labute approximate surface area is 154 Å². The van der Waals surface area contributed by atoms with Crippen molar-refractivity contribution >= 4 is 0 Å². The highest BCUT2D eigenvalue weighted by Crippen LogP contribution is 2.37. The van der Waals surface area contributed by atoms with Gasteiger partial charge in [0.1, 0.15) is 0 Å². The second-order valence-corrected chi connectivity index (χ2v) is 7.34. The minimum absolute atomic E-state index is 0.0432. The molecule has 1 aromatic carbocycles. The number of rotatable bonds is 6. The van der Waals surface area contributed by atoms with Gasteiger partial charge in [0.2, 0.25) is 5.82 Å². The van der Waals surface area contributed by atoms with Crippen molar-refractivity contribution in [2.75, 3.05) is 20.3 Å². The SMILES string of the molecule is C=CC1CCC(COC2CCC(c3ccc(OC)c(F)c3F)CC2)CO1.